The molecule has 0 atom stereocenters. The van der Waals surface area contributed by atoms with E-state index >= 15 is 0 Å². The van der Waals surface area contributed by atoms with Crippen molar-refractivity contribution in [3.63, 3.8) is 0 Å². The van der Waals surface area contributed by atoms with Crippen molar-refractivity contribution in [2.45, 2.75) is 29.7 Å². The molecule has 3 rings (SSSR count). The van der Waals surface area contributed by atoms with Crippen molar-refractivity contribution < 1.29 is 13.2 Å². The van der Waals surface area contributed by atoms with Gasteiger partial charge >= 0.3 is 0 Å². The summed E-state index contributed by atoms with van der Waals surface area (Å²) in [5, 5.41) is 12.5. The number of nitrogens with one attached hydrogen (secondary N) is 2. The molecule has 0 fully saturated rings. The number of benzene rings is 1. The van der Waals surface area contributed by atoms with Crippen LogP contribution in [0.4, 0.5) is 11.5 Å². The van der Waals surface area contributed by atoms with Gasteiger partial charge in [-0.3, -0.25) is 9.52 Å². The SMILES string of the molecule is CCCc1ccc(C#N)c(SCC(=O)Nc2ccc(S(=O)(=O)Nc3ccccn3)cc2)n1. The molecule has 1 aromatic carbocycles. The molecule has 0 bridgehead atoms. The molecule has 0 aliphatic heterocycles. The van der Waals surface area contributed by atoms with Gasteiger partial charge in [-0.2, -0.15) is 5.26 Å². The summed E-state index contributed by atoms with van der Waals surface area (Å²) in [6, 6.07) is 16.4. The van der Waals surface area contributed by atoms with Gasteiger partial charge in [0.2, 0.25) is 5.91 Å². The van der Waals surface area contributed by atoms with Crippen LogP contribution >= 0.6 is 11.8 Å². The van der Waals surface area contributed by atoms with Crippen molar-refractivity contribution in [1.82, 2.24) is 9.97 Å². The van der Waals surface area contributed by atoms with E-state index in [9.17, 15) is 18.5 Å². The quantitative estimate of drug-likeness (QED) is 0.458. The molecule has 0 radical (unpaired) electrons. The van der Waals surface area contributed by atoms with Crippen molar-refractivity contribution in [2.75, 3.05) is 15.8 Å². The molecule has 32 heavy (non-hydrogen) atoms. The number of carbonyl (C=O) groups is 1. The summed E-state index contributed by atoms with van der Waals surface area (Å²) in [5.41, 5.74) is 1.77. The molecule has 0 saturated carbocycles. The Morgan fingerprint density at radius 1 is 1.12 bits per heavy atom. The number of rotatable bonds is 9. The average molecular weight is 468 g/mol. The van der Waals surface area contributed by atoms with Gasteiger partial charge in [-0.25, -0.2) is 18.4 Å². The number of hydrogen-bond acceptors (Lipinski definition) is 7. The van der Waals surface area contributed by atoms with Crippen molar-refractivity contribution >= 4 is 39.2 Å². The third kappa shape index (κ3) is 6.29. The van der Waals surface area contributed by atoms with Crippen molar-refractivity contribution in [3.05, 3.63) is 72.1 Å². The van der Waals surface area contributed by atoms with Gasteiger partial charge in [-0.1, -0.05) is 31.2 Å². The highest BCUT2D eigenvalue weighted by Gasteiger charge is 2.15. The number of amides is 1. The van der Waals surface area contributed by atoms with E-state index < -0.39 is 10.0 Å². The van der Waals surface area contributed by atoms with E-state index in [-0.39, 0.29) is 22.4 Å². The summed E-state index contributed by atoms with van der Waals surface area (Å²) in [6.45, 7) is 2.05. The molecule has 2 aromatic heterocycles. The zero-order valence-corrected chi connectivity index (χ0v) is 18.9. The lowest BCUT2D eigenvalue weighted by atomic mass is 10.2. The lowest BCUT2D eigenvalue weighted by Crippen LogP contribution is -2.15. The first-order chi connectivity index (χ1) is 15.4. The topological polar surface area (TPSA) is 125 Å². The number of thioether (sulfide) groups is 1. The maximum absolute atomic E-state index is 12.5. The van der Waals surface area contributed by atoms with Gasteiger partial charge < -0.3 is 5.32 Å². The van der Waals surface area contributed by atoms with Gasteiger partial charge in [0.05, 0.1) is 16.2 Å². The van der Waals surface area contributed by atoms with Gasteiger partial charge in [0.1, 0.15) is 16.9 Å². The normalized spacial score (nSPS) is 10.9. The minimum atomic E-state index is -3.79. The predicted molar refractivity (Wildman–Crippen MR) is 124 cm³/mol. The van der Waals surface area contributed by atoms with E-state index in [0.29, 0.717) is 16.3 Å². The molecule has 2 N–H and O–H groups in total. The fourth-order valence-electron chi connectivity index (χ4n) is 2.74. The zero-order valence-electron chi connectivity index (χ0n) is 17.3. The number of hydrogen-bond donors (Lipinski definition) is 2. The first-order valence-corrected chi connectivity index (χ1v) is 12.2. The van der Waals surface area contributed by atoms with Gasteiger partial charge in [-0.15, -0.1) is 0 Å². The Morgan fingerprint density at radius 3 is 2.56 bits per heavy atom. The minimum absolute atomic E-state index is 0.0473. The molecule has 3 aromatic rings. The number of nitrogens with zero attached hydrogens (tertiary/aromatic N) is 3. The second kappa shape index (κ2) is 10.7. The maximum Gasteiger partial charge on any atom is 0.263 e. The molecule has 0 spiro atoms. The molecule has 0 aliphatic rings. The van der Waals surface area contributed by atoms with Crippen LogP contribution in [0.2, 0.25) is 0 Å². The molecular formula is C22H21N5O3S2. The molecule has 0 unspecified atom stereocenters. The third-order valence-electron chi connectivity index (χ3n) is 4.24. The van der Waals surface area contributed by atoms with Crippen LogP contribution in [0.3, 0.4) is 0 Å². The van der Waals surface area contributed by atoms with Gasteiger partial charge in [0, 0.05) is 17.6 Å². The molecule has 2 heterocycles. The van der Waals surface area contributed by atoms with Crippen LogP contribution in [-0.4, -0.2) is 30.0 Å². The largest absolute Gasteiger partial charge is 0.325 e. The van der Waals surface area contributed by atoms with Crippen LogP contribution in [0, 0.1) is 11.3 Å². The summed E-state index contributed by atoms with van der Waals surface area (Å²) < 4.78 is 27.3. The van der Waals surface area contributed by atoms with Crippen LogP contribution in [0.25, 0.3) is 0 Å². The lowest BCUT2D eigenvalue weighted by molar-refractivity contribution is -0.113. The number of nitriles is 1. The molecular weight excluding hydrogens is 446 g/mol. The maximum atomic E-state index is 12.5. The zero-order chi connectivity index (χ0) is 23.0. The Labute approximate surface area is 191 Å². The van der Waals surface area contributed by atoms with Gasteiger partial charge in [-0.05, 0) is 55.0 Å². The Balaban J connectivity index is 1.60. The van der Waals surface area contributed by atoms with E-state index in [1.54, 1.807) is 24.3 Å². The van der Waals surface area contributed by atoms with Crippen molar-refractivity contribution in [2.24, 2.45) is 0 Å². The van der Waals surface area contributed by atoms with Crippen molar-refractivity contribution in [1.29, 1.82) is 5.26 Å². The van der Waals surface area contributed by atoms with Crippen molar-refractivity contribution in [3.8, 4) is 6.07 Å². The summed E-state index contributed by atoms with van der Waals surface area (Å²) >= 11 is 1.19. The number of anilines is 2. The lowest BCUT2D eigenvalue weighted by Gasteiger charge is -2.09. The standard InChI is InChI=1S/C22H21N5O3S2/c1-2-5-17-8-7-16(14-23)22(26-17)31-15-21(28)25-18-9-11-19(12-10-18)32(29,30)27-20-6-3-4-13-24-20/h3-4,6-13H,2,5,15H2,1H3,(H,24,27)(H,25,28). The molecule has 0 aliphatic carbocycles. The highest BCUT2D eigenvalue weighted by molar-refractivity contribution is 8.00. The van der Waals surface area contributed by atoms with Gasteiger partial charge in [0.25, 0.3) is 10.0 Å². The number of aromatic nitrogens is 2. The van der Waals surface area contributed by atoms with E-state index in [1.807, 2.05) is 13.0 Å². The second-order valence-corrected chi connectivity index (χ2v) is 9.35. The van der Waals surface area contributed by atoms with Crippen LogP contribution in [0.1, 0.15) is 24.6 Å². The summed E-state index contributed by atoms with van der Waals surface area (Å²) in [4.78, 5) is 20.8. The molecule has 8 nitrogen and oxygen atoms in total. The Kier molecular flexibility index (Phi) is 7.81. The van der Waals surface area contributed by atoms with Crippen LogP contribution in [-0.2, 0) is 21.2 Å². The number of carbonyl (C=O) groups excluding carboxylic acids is 1. The van der Waals surface area contributed by atoms with E-state index in [2.05, 4.69) is 26.1 Å². The fourth-order valence-corrected chi connectivity index (χ4v) is 4.54. The van der Waals surface area contributed by atoms with E-state index in [1.165, 1.54) is 42.2 Å². The number of pyridine rings is 2. The summed E-state index contributed by atoms with van der Waals surface area (Å²) in [7, 11) is -3.79. The molecule has 1 amide bonds. The summed E-state index contributed by atoms with van der Waals surface area (Å²) in [5.74, 6) is -0.00232. The fraction of sp³-hybridized carbons (Fsp3) is 0.182. The Morgan fingerprint density at radius 2 is 1.91 bits per heavy atom. The Hall–Kier alpha value is -3.42. The first kappa shape index (κ1) is 23.2. The smallest absolute Gasteiger partial charge is 0.263 e. The minimum Gasteiger partial charge on any atom is -0.325 e. The first-order valence-electron chi connectivity index (χ1n) is 9.78. The van der Waals surface area contributed by atoms with Crippen LogP contribution in [0.15, 0.2) is 70.7 Å². The van der Waals surface area contributed by atoms with Crippen LogP contribution in [0.5, 0.6) is 0 Å². The molecule has 0 saturated heterocycles. The Bertz CT molecular complexity index is 1220. The predicted octanol–water partition coefficient (Wildman–Crippen LogP) is 3.83. The highest BCUT2D eigenvalue weighted by Crippen LogP contribution is 2.22. The van der Waals surface area contributed by atoms with Crippen LogP contribution < -0.4 is 10.0 Å². The number of sulfonamides is 1. The highest BCUT2D eigenvalue weighted by atomic mass is 32.2. The third-order valence-corrected chi connectivity index (χ3v) is 6.60. The monoisotopic (exact) mass is 467 g/mol. The molecule has 164 valence electrons. The van der Waals surface area contributed by atoms with Gasteiger partial charge in [0.15, 0.2) is 0 Å². The van der Waals surface area contributed by atoms with E-state index in [4.69, 9.17) is 0 Å². The number of aryl methyl sites for hydroxylation is 1. The van der Waals surface area contributed by atoms with E-state index in [0.717, 1.165) is 18.5 Å². The summed E-state index contributed by atoms with van der Waals surface area (Å²) in [6.07, 6.45) is 3.23. The average Bonchev–Trinajstić information content (AvgIpc) is 2.79. The molecule has 10 heteroatoms. The second-order valence-electron chi connectivity index (χ2n) is 6.70.